The normalized spacial score (nSPS) is 24.0. The standard InChI is InChI=1S/C26H38F3N3O5S/c1-7-16(2)22(31(6)24(34)37-25(3,4)5)23(33)30-21-13-8-17-14-32(15-20(17)21)38(35,36)19-11-9-18(10-12-19)26(27,28)29/h9-12,16-17,20-22H,7-8,13-15H2,1-6H3,(H,30,33)/t16?,17-,20?,21?,22?/m0/s1. The Morgan fingerprint density at radius 1 is 1.13 bits per heavy atom. The fourth-order valence-corrected chi connectivity index (χ4v) is 6.85. The molecule has 4 unspecified atom stereocenters. The summed E-state index contributed by atoms with van der Waals surface area (Å²) < 4.78 is 71.8. The van der Waals surface area contributed by atoms with Crippen LogP contribution in [0.4, 0.5) is 18.0 Å². The Kier molecular flexibility index (Phi) is 8.77. The van der Waals surface area contributed by atoms with Gasteiger partial charge in [-0.2, -0.15) is 17.5 Å². The Balaban J connectivity index is 1.71. The van der Waals surface area contributed by atoms with E-state index in [1.807, 2.05) is 13.8 Å². The minimum absolute atomic E-state index is 0.0233. The largest absolute Gasteiger partial charge is 0.444 e. The zero-order chi connectivity index (χ0) is 28.6. The van der Waals surface area contributed by atoms with Crippen molar-refractivity contribution in [2.24, 2.45) is 17.8 Å². The number of nitrogens with zero attached hydrogens (tertiary/aromatic N) is 2. The molecule has 1 N–H and O–H groups in total. The molecule has 2 amide bonds. The predicted molar refractivity (Wildman–Crippen MR) is 136 cm³/mol. The molecule has 1 aliphatic heterocycles. The number of rotatable bonds is 7. The molecule has 1 saturated heterocycles. The molecule has 5 atom stereocenters. The summed E-state index contributed by atoms with van der Waals surface area (Å²) >= 11 is 0. The summed E-state index contributed by atoms with van der Waals surface area (Å²) in [5.74, 6) is -0.574. The summed E-state index contributed by atoms with van der Waals surface area (Å²) in [7, 11) is -2.45. The van der Waals surface area contributed by atoms with Crippen molar-refractivity contribution in [3.8, 4) is 0 Å². The predicted octanol–water partition coefficient (Wildman–Crippen LogP) is 4.50. The minimum Gasteiger partial charge on any atom is -0.444 e. The first-order valence-electron chi connectivity index (χ1n) is 12.9. The van der Waals surface area contributed by atoms with Crippen LogP contribution in [0.15, 0.2) is 29.2 Å². The molecule has 8 nitrogen and oxygen atoms in total. The van der Waals surface area contributed by atoms with E-state index < -0.39 is 39.5 Å². The second-order valence-electron chi connectivity index (χ2n) is 11.4. The third kappa shape index (κ3) is 6.62. The van der Waals surface area contributed by atoms with Crippen LogP contribution in [-0.2, 0) is 25.7 Å². The van der Waals surface area contributed by atoms with E-state index in [0.717, 1.165) is 24.3 Å². The van der Waals surface area contributed by atoms with E-state index in [9.17, 15) is 31.2 Å². The molecule has 0 radical (unpaired) electrons. The molecule has 0 bridgehead atoms. The van der Waals surface area contributed by atoms with Crippen molar-refractivity contribution in [1.29, 1.82) is 0 Å². The molecular formula is C26H38F3N3O5S. The third-order valence-corrected chi connectivity index (χ3v) is 9.37. The second kappa shape index (κ2) is 11.0. The van der Waals surface area contributed by atoms with Crippen molar-refractivity contribution in [1.82, 2.24) is 14.5 Å². The Bertz CT molecular complexity index is 1120. The molecule has 1 saturated carbocycles. The highest BCUT2D eigenvalue weighted by molar-refractivity contribution is 7.89. The molecule has 1 heterocycles. The molecule has 1 aromatic rings. The molecule has 2 fully saturated rings. The molecule has 214 valence electrons. The summed E-state index contributed by atoms with van der Waals surface area (Å²) in [6.07, 6.45) is -3.11. The number of likely N-dealkylation sites (N-methyl/N-ethyl adjacent to an activating group) is 1. The SMILES string of the molecule is CCC(C)C(C(=O)NC1CC[C@H]2CN(S(=O)(=O)c3ccc(C(F)(F)F)cc3)CC12)N(C)C(=O)OC(C)(C)C. The summed E-state index contributed by atoms with van der Waals surface area (Å²) in [5, 5.41) is 3.07. The van der Waals surface area contributed by atoms with E-state index in [1.165, 1.54) is 16.3 Å². The number of sulfonamides is 1. The lowest BCUT2D eigenvalue weighted by atomic mass is 9.95. The molecular weight excluding hydrogens is 523 g/mol. The molecule has 12 heteroatoms. The number of ether oxygens (including phenoxy) is 1. The molecule has 0 spiro atoms. The quantitative estimate of drug-likeness (QED) is 0.529. The number of halogens is 3. The van der Waals surface area contributed by atoms with Gasteiger partial charge in [0, 0.05) is 26.2 Å². The van der Waals surface area contributed by atoms with Crippen molar-refractivity contribution in [2.75, 3.05) is 20.1 Å². The number of benzene rings is 1. The van der Waals surface area contributed by atoms with Gasteiger partial charge in [-0.3, -0.25) is 9.69 Å². The minimum atomic E-state index is -4.55. The van der Waals surface area contributed by atoms with Crippen LogP contribution >= 0.6 is 0 Å². The lowest BCUT2D eigenvalue weighted by Crippen LogP contribution is -2.54. The number of alkyl halides is 3. The maximum atomic E-state index is 13.4. The van der Waals surface area contributed by atoms with Gasteiger partial charge in [0.2, 0.25) is 15.9 Å². The van der Waals surface area contributed by atoms with Crippen LogP contribution in [0.2, 0.25) is 0 Å². The van der Waals surface area contributed by atoms with Gasteiger partial charge in [0.1, 0.15) is 11.6 Å². The Morgan fingerprint density at radius 2 is 1.74 bits per heavy atom. The van der Waals surface area contributed by atoms with Crippen LogP contribution < -0.4 is 5.32 Å². The Hall–Kier alpha value is -2.34. The smallest absolute Gasteiger partial charge is 0.416 e. The van der Waals surface area contributed by atoms with E-state index in [4.69, 9.17) is 4.74 Å². The lowest BCUT2D eigenvalue weighted by Gasteiger charge is -2.34. The van der Waals surface area contributed by atoms with Crippen molar-refractivity contribution in [2.45, 2.75) is 82.6 Å². The van der Waals surface area contributed by atoms with Crippen LogP contribution in [0.3, 0.4) is 0 Å². The number of fused-ring (bicyclic) bond motifs is 1. The monoisotopic (exact) mass is 561 g/mol. The average Bonchev–Trinajstić information content (AvgIpc) is 3.40. The second-order valence-corrected chi connectivity index (χ2v) is 13.3. The van der Waals surface area contributed by atoms with Crippen molar-refractivity contribution in [3.05, 3.63) is 29.8 Å². The molecule has 1 aliphatic carbocycles. The lowest BCUT2D eigenvalue weighted by molar-refractivity contribution is -0.137. The fourth-order valence-electron chi connectivity index (χ4n) is 5.32. The summed E-state index contributed by atoms with van der Waals surface area (Å²) in [4.78, 5) is 27.2. The van der Waals surface area contributed by atoms with Crippen molar-refractivity contribution in [3.63, 3.8) is 0 Å². The van der Waals surface area contributed by atoms with Crippen LogP contribution in [0.25, 0.3) is 0 Å². The van der Waals surface area contributed by atoms with Crippen molar-refractivity contribution >= 4 is 22.0 Å². The van der Waals surface area contributed by atoms with Gasteiger partial charge < -0.3 is 10.1 Å². The van der Waals surface area contributed by atoms with E-state index in [-0.39, 0.29) is 47.7 Å². The number of hydrogen-bond donors (Lipinski definition) is 1. The maximum absolute atomic E-state index is 13.4. The first-order chi connectivity index (χ1) is 17.5. The highest BCUT2D eigenvalue weighted by atomic mass is 32.2. The molecule has 38 heavy (non-hydrogen) atoms. The molecule has 3 rings (SSSR count). The highest BCUT2D eigenvalue weighted by Crippen LogP contribution is 2.40. The van der Waals surface area contributed by atoms with Crippen LogP contribution in [-0.4, -0.2) is 67.4 Å². The van der Waals surface area contributed by atoms with Crippen LogP contribution in [0.1, 0.15) is 59.4 Å². The van der Waals surface area contributed by atoms with Gasteiger partial charge in [-0.1, -0.05) is 20.3 Å². The van der Waals surface area contributed by atoms with E-state index >= 15 is 0 Å². The Labute approximate surface area is 222 Å². The molecule has 1 aromatic carbocycles. The first kappa shape index (κ1) is 30.2. The summed E-state index contributed by atoms with van der Waals surface area (Å²) in [6, 6.07) is 2.46. The third-order valence-electron chi connectivity index (χ3n) is 7.52. The zero-order valence-electron chi connectivity index (χ0n) is 22.7. The average molecular weight is 562 g/mol. The number of amides is 2. The van der Waals surface area contributed by atoms with Gasteiger partial charge >= 0.3 is 12.3 Å². The maximum Gasteiger partial charge on any atom is 0.416 e. The van der Waals surface area contributed by atoms with Gasteiger partial charge in [-0.05, 0) is 75.6 Å². The van der Waals surface area contributed by atoms with Gasteiger partial charge in [0.25, 0.3) is 0 Å². The topological polar surface area (TPSA) is 96.0 Å². The van der Waals surface area contributed by atoms with E-state index in [0.29, 0.717) is 19.3 Å². The van der Waals surface area contributed by atoms with Crippen LogP contribution in [0.5, 0.6) is 0 Å². The van der Waals surface area contributed by atoms with E-state index in [1.54, 1.807) is 20.8 Å². The highest BCUT2D eigenvalue weighted by Gasteiger charge is 2.47. The first-order valence-corrected chi connectivity index (χ1v) is 14.3. The molecule has 0 aromatic heterocycles. The van der Waals surface area contributed by atoms with Crippen LogP contribution in [0, 0.1) is 17.8 Å². The molecule has 2 aliphatic rings. The van der Waals surface area contributed by atoms with Gasteiger partial charge in [-0.15, -0.1) is 0 Å². The van der Waals surface area contributed by atoms with E-state index in [2.05, 4.69) is 5.32 Å². The number of carbonyl (C=O) groups excluding carboxylic acids is 2. The van der Waals surface area contributed by atoms with Gasteiger partial charge in [0.05, 0.1) is 10.5 Å². The Morgan fingerprint density at radius 3 is 2.26 bits per heavy atom. The fraction of sp³-hybridized carbons (Fsp3) is 0.692. The summed E-state index contributed by atoms with van der Waals surface area (Å²) in [5.41, 5.74) is -1.63. The summed E-state index contributed by atoms with van der Waals surface area (Å²) in [6.45, 7) is 9.47. The number of carbonyl (C=O) groups is 2. The van der Waals surface area contributed by atoms with Crippen molar-refractivity contribution < 1.29 is 35.9 Å². The number of nitrogens with one attached hydrogen (secondary N) is 1. The zero-order valence-corrected chi connectivity index (χ0v) is 23.5. The number of hydrogen-bond acceptors (Lipinski definition) is 5. The van der Waals surface area contributed by atoms with Gasteiger partial charge in [-0.25, -0.2) is 13.2 Å². The van der Waals surface area contributed by atoms with Gasteiger partial charge in [0.15, 0.2) is 0 Å².